The number of rotatable bonds is 5. The molecule has 1 aliphatic rings. The number of carbonyl (C=O) groups is 2. The maximum atomic E-state index is 12.9. The van der Waals surface area contributed by atoms with Crippen LogP contribution in [0.2, 0.25) is 10.0 Å². The van der Waals surface area contributed by atoms with Crippen LogP contribution in [-0.4, -0.2) is 49.6 Å². The van der Waals surface area contributed by atoms with Crippen LogP contribution in [0.15, 0.2) is 42.5 Å². The largest absolute Gasteiger partial charge is 0.495 e. The number of anilines is 1. The number of carbonyl (C=O) groups excluding carboxylic acids is 2. The molecule has 2 aromatic carbocycles. The molecule has 0 bridgehead atoms. The number of hydrogen-bond acceptors (Lipinski definition) is 4. The molecule has 0 spiro atoms. The summed E-state index contributed by atoms with van der Waals surface area (Å²) in [5.74, 6) is 0.634. The zero-order chi connectivity index (χ0) is 20.3. The van der Waals surface area contributed by atoms with Gasteiger partial charge in [-0.2, -0.15) is 0 Å². The van der Waals surface area contributed by atoms with Crippen molar-refractivity contribution in [3.63, 3.8) is 0 Å². The fourth-order valence-electron chi connectivity index (χ4n) is 3.08. The molecule has 1 heterocycles. The number of benzene rings is 2. The Morgan fingerprint density at radius 1 is 1.11 bits per heavy atom. The molecule has 0 unspecified atom stereocenters. The van der Waals surface area contributed by atoms with Crippen molar-refractivity contribution in [3.05, 3.63) is 52.5 Å². The molecule has 0 N–H and O–H groups in total. The van der Waals surface area contributed by atoms with Crippen LogP contribution in [0.1, 0.15) is 6.92 Å². The van der Waals surface area contributed by atoms with Crippen molar-refractivity contribution in [3.8, 4) is 11.5 Å². The van der Waals surface area contributed by atoms with Gasteiger partial charge in [0.1, 0.15) is 17.5 Å². The third-order valence-electron chi connectivity index (χ3n) is 4.58. The summed E-state index contributed by atoms with van der Waals surface area (Å²) in [6, 6.07) is 11.2. The topological polar surface area (TPSA) is 59.1 Å². The van der Waals surface area contributed by atoms with E-state index in [1.165, 1.54) is 12.0 Å². The van der Waals surface area contributed by atoms with E-state index in [2.05, 4.69) is 0 Å². The Balaban J connectivity index is 1.68. The van der Waals surface area contributed by atoms with E-state index in [0.717, 1.165) is 0 Å². The molecule has 1 aliphatic heterocycles. The van der Waals surface area contributed by atoms with E-state index in [4.69, 9.17) is 32.7 Å². The van der Waals surface area contributed by atoms with E-state index in [1.54, 1.807) is 54.3 Å². The van der Waals surface area contributed by atoms with Crippen molar-refractivity contribution in [1.29, 1.82) is 0 Å². The highest BCUT2D eigenvalue weighted by Gasteiger charge is 2.36. The van der Waals surface area contributed by atoms with E-state index >= 15 is 0 Å². The number of methoxy groups -OCH3 is 1. The number of halogens is 2. The van der Waals surface area contributed by atoms with Crippen LogP contribution in [0.25, 0.3) is 0 Å². The molecule has 148 valence electrons. The number of amides is 2. The van der Waals surface area contributed by atoms with Crippen LogP contribution < -0.4 is 14.4 Å². The third-order valence-corrected chi connectivity index (χ3v) is 5.07. The van der Waals surface area contributed by atoms with Gasteiger partial charge in [0.2, 0.25) is 5.91 Å². The Bertz CT molecular complexity index is 873. The van der Waals surface area contributed by atoms with Gasteiger partial charge in [0, 0.05) is 23.1 Å². The van der Waals surface area contributed by atoms with E-state index < -0.39 is 6.04 Å². The molecule has 0 aromatic heterocycles. The molecule has 2 aromatic rings. The molecule has 0 radical (unpaired) electrons. The summed E-state index contributed by atoms with van der Waals surface area (Å²) >= 11 is 11.9. The summed E-state index contributed by atoms with van der Waals surface area (Å²) in [5, 5.41) is 1.09. The van der Waals surface area contributed by atoms with Gasteiger partial charge in [-0.25, -0.2) is 0 Å². The van der Waals surface area contributed by atoms with Gasteiger partial charge in [0.25, 0.3) is 5.91 Å². The third kappa shape index (κ3) is 4.34. The molecule has 1 saturated heterocycles. The molecule has 28 heavy (non-hydrogen) atoms. The zero-order valence-electron chi connectivity index (χ0n) is 15.5. The number of hydrogen-bond donors (Lipinski definition) is 0. The van der Waals surface area contributed by atoms with Crippen molar-refractivity contribution in [1.82, 2.24) is 4.90 Å². The average molecular weight is 423 g/mol. The molecule has 1 atom stereocenters. The van der Waals surface area contributed by atoms with Gasteiger partial charge in [0.15, 0.2) is 6.61 Å². The Hall–Kier alpha value is -2.44. The first-order chi connectivity index (χ1) is 13.4. The Kier molecular flexibility index (Phi) is 6.31. The second-order valence-electron chi connectivity index (χ2n) is 6.31. The molecule has 8 heteroatoms. The van der Waals surface area contributed by atoms with Gasteiger partial charge in [-0.3, -0.25) is 9.59 Å². The van der Waals surface area contributed by atoms with Crippen molar-refractivity contribution in [2.24, 2.45) is 0 Å². The van der Waals surface area contributed by atoms with Gasteiger partial charge in [-0.15, -0.1) is 0 Å². The van der Waals surface area contributed by atoms with Gasteiger partial charge < -0.3 is 19.3 Å². The Labute approximate surface area is 173 Å². The van der Waals surface area contributed by atoms with E-state index in [-0.39, 0.29) is 18.4 Å². The first-order valence-corrected chi connectivity index (χ1v) is 9.49. The fourth-order valence-corrected chi connectivity index (χ4v) is 3.38. The second-order valence-corrected chi connectivity index (χ2v) is 7.18. The van der Waals surface area contributed by atoms with E-state index in [9.17, 15) is 9.59 Å². The van der Waals surface area contributed by atoms with Crippen LogP contribution in [-0.2, 0) is 9.59 Å². The van der Waals surface area contributed by atoms with Crippen LogP contribution in [0.5, 0.6) is 11.5 Å². The second kappa shape index (κ2) is 8.71. The fraction of sp³-hybridized carbons (Fsp3) is 0.300. The van der Waals surface area contributed by atoms with Gasteiger partial charge in [-0.1, -0.05) is 23.2 Å². The standard InChI is InChI=1S/C20H20Cl2N2O4/c1-13-20(26)24(17-11-15(22)5-8-18(17)27-2)10-9-23(13)19(25)12-28-16-6-3-14(21)4-7-16/h3-8,11,13H,9-10,12H2,1-2H3/t13-/m1/s1. The maximum absolute atomic E-state index is 12.9. The summed E-state index contributed by atoms with van der Waals surface area (Å²) < 4.78 is 10.9. The SMILES string of the molecule is COc1ccc(Cl)cc1N1CCN(C(=O)COc2ccc(Cl)cc2)[C@H](C)C1=O. The van der Waals surface area contributed by atoms with Crippen molar-refractivity contribution >= 4 is 40.7 Å². The average Bonchev–Trinajstić information content (AvgIpc) is 2.69. The first-order valence-electron chi connectivity index (χ1n) is 8.73. The van der Waals surface area contributed by atoms with Gasteiger partial charge in [0.05, 0.1) is 12.8 Å². The number of ether oxygens (including phenoxy) is 2. The minimum Gasteiger partial charge on any atom is -0.495 e. The summed E-state index contributed by atoms with van der Waals surface area (Å²) in [5.41, 5.74) is 0.594. The molecular formula is C20H20Cl2N2O4. The Morgan fingerprint density at radius 2 is 1.79 bits per heavy atom. The molecule has 1 fully saturated rings. The highest BCUT2D eigenvalue weighted by Crippen LogP contribution is 2.33. The zero-order valence-corrected chi connectivity index (χ0v) is 17.0. The first kappa shape index (κ1) is 20.3. The minimum atomic E-state index is -0.626. The summed E-state index contributed by atoms with van der Waals surface area (Å²) in [6.45, 7) is 2.27. The normalized spacial score (nSPS) is 16.9. The van der Waals surface area contributed by atoms with Crippen LogP contribution in [0.3, 0.4) is 0 Å². The monoisotopic (exact) mass is 422 g/mol. The van der Waals surface area contributed by atoms with Crippen molar-refractivity contribution < 1.29 is 19.1 Å². The predicted octanol–water partition coefficient (Wildman–Crippen LogP) is 3.64. The van der Waals surface area contributed by atoms with Crippen LogP contribution in [0, 0.1) is 0 Å². The smallest absolute Gasteiger partial charge is 0.261 e. The van der Waals surface area contributed by atoms with Crippen molar-refractivity contribution in [2.75, 3.05) is 31.7 Å². The summed E-state index contributed by atoms with van der Waals surface area (Å²) in [4.78, 5) is 28.6. The lowest BCUT2D eigenvalue weighted by atomic mass is 10.1. The number of nitrogens with zero attached hydrogens (tertiary/aromatic N) is 2. The molecule has 6 nitrogen and oxygen atoms in total. The lowest BCUT2D eigenvalue weighted by Crippen LogP contribution is -2.58. The van der Waals surface area contributed by atoms with Gasteiger partial charge in [-0.05, 0) is 49.4 Å². The highest BCUT2D eigenvalue weighted by molar-refractivity contribution is 6.31. The van der Waals surface area contributed by atoms with Crippen LogP contribution >= 0.6 is 23.2 Å². The Morgan fingerprint density at radius 3 is 2.46 bits per heavy atom. The summed E-state index contributed by atoms with van der Waals surface area (Å²) in [6.07, 6.45) is 0. The molecule has 0 aliphatic carbocycles. The van der Waals surface area contributed by atoms with Gasteiger partial charge >= 0.3 is 0 Å². The molecule has 3 rings (SSSR count). The molecule has 0 saturated carbocycles. The minimum absolute atomic E-state index is 0.153. The summed E-state index contributed by atoms with van der Waals surface area (Å²) in [7, 11) is 1.54. The quantitative estimate of drug-likeness (QED) is 0.737. The lowest BCUT2D eigenvalue weighted by Gasteiger charge is -2.39. The highest BCUT2D eigenvalue weighted by atomic mass is 35.5. The van der Waals surface area contributed by atoms with E-state index in [1.807, 2.05) is 0 Å². The lowest BCUT2D eigenvalue weighted by molar-refractivity contribution is -0.142. The maximum Gasteiger partial charge on any atom is 0.261 e. The number of piperazine rings is 1. The van der Waals surface area contributed by atoms with E-state index in [0.29, 0.717) is 40.3 Å². The molecular weight excluding hydrogens is 403 g/mol. The predicted molar refractivity (Wildman–Crippen MR) is 108 cm³/mol. The van der Waals surface area contributed by atoms with Crippen LogP contribution in [0.4, 0.5) is 5.69 Å². The molecule has 2 amide bonds. The van der Waals surface area contributed by atoms with Crippen molar-refractivity contribution in [2.45, 2.75) is 13.0 Å².